The number of carbonyl (C=O) groups excluding carboxylic acids is 1. The van der Waals surface area contributed by atoms with Crippen molar-refractivity contribution in [2.24, 2.45) is 5.92 Å². The summed E-state index contributed by atoms with van der Waals surface area (Å²) in [6.07, 6.45) is 5.06. The van der Waals surface area contributed by atoms with Gasteiger partial charge in [0.1, 0.15) is 0 Å². The highest BCUT2D eigenvalue weighted by molar-refractivity contribution is 5.96. The van der Waals surface area contributed by atoms with E-state index in [2.05, 4.69) is 24.2 Å². The molecule has 2 unspecified atom stereocenters. The fourth-order valence-corrected chi connectivity index (χ4v) is 3.30. The minimum Gasteiger partial charge on any atom is -0.397 e. The Morgan fingerprint density at radius 3 is 2.76 bits per heavy atom. The number of hydrogen-bond donors (Lipinski definition) is 2. The number of rotatable bonds is 4. The summed E-state index contributed by atoms with van der Waals surface area (Å²) < 4.78 is 0. The Labute approximate surface area is 127 Å². The smallest absolute Gasteiger partial charge is 0.251 e. The molecule has 1 aromatic carbocycles. The molecule has 1 amide bonds. The Balaban J connectivity index is 2.25. The maximum absolute atomic E-state index is 12.0. The maximum atomic E-state index is 12.0. The number of carbonyl (C=O) groups is 1. The number of nitrogens with two attached hydrogens (primary N) is 1. The van der Waals surface area contributed by atoms with Crippen molar-refractivity contribution in [3.63, 3.8) is 0 Å². The molecule has 0 saturated heterocycles. The molecule has 1 saturated carbocycles. The minimum absolute atomic E-state index is 0.0381. The Hall–Kier alpha value is -1.71. The van der Waals surface area contributed by atoms with Crippen LogP contribution in [0.4, 0.5) is 11.4 Å². The third kappa shape index (κ3) is 3.49. The predicted octanol–water partition coefficient (Wildman–Crippen LogP) is 3.03. The molecule has 21 heavy (non-hydrogen) atoms. The molecular formula is C17H27N3O. The summed E-state index contributed by atoms with van der Waals surface area (Å²) in [5.41, 5.74) is 8.53. The van der Waals surface area contributed by atoms with Crippen LogP contribution >= 0.6 is 0 Å². The van der Waals surface area contributed by atoms with E-state index in [1.165, 1.54) is 25.7 Å². The number of anilines is 2. The van der Waals surface area contributed by atoms with Crippen molar-refractivity contribution in [1.29, 1.82) is 0 Å². The normalized spacial score (nSPS) is 21.9. The lowest BCUT2D eigenvalue weighted by Crippen LogP contribution is -2.39. The monoisotopic (exact) mass is 289 g/mol. The van der Waals surface area contributed by atoms with Gasteiger partial charge in [-0.05, 0) is 43.9 Å². The minimum atomic E-state index is -0.0381. The topological polar surface area (TPSA) is 58.4 Å². The lowest BCUT2D eigenvalue weighted by molar-refractivity contribution is 0.0956. The van der Waals surface area contributed by atoms with Crippen molar-refractivity contribution in [2.45, 2.75) is 45.6 Å². The first-order valence-corrected chi connectivity index (χ1v) is 7.95. The van der Waals surface area contributed by atoms with Gasteiger partial charge in [0.2, 0.25) is 0 Å². The summed E-state index contributed by atoms with van der Waals surface area (Å²) in [4.78, 5) is 14.3. The molecule has 4 nitrogen and oxygen atoms in total. The van der Waals surface area contributed by atoms with E-state index in [0.29, 0.717) is 24.1 Å². The second-order valence-electron chi connectivity index (χ2n) is 6.07. The van der Waals surface area contributed by atoms with E-state index in [9.17, 15) is 4.79 Å². The van der Waals surface area contributed by atoms with Crippen LogP contribution in [0.3, 0.4) is 0 Å². The first-order chi connectivity index (χ1) is 10.0. The maximum Gasteiger partial charge on any atom is 0.251 e. The SMILES string of the molecule is CCNC(=O)c1ccc(N)c(N(C)C2CCCCC2C)c1. The van der Waals surface area contributed by atoms with Crippen LogP contribution in [0, 0.1) is 5.92 Å². The number of nitrogen functional groups attached to an aromatic ring is 1. The molecule has 3 N–H and O–H groups in total. The molecule has 1 aliphatic carbocycles. The van der Waals surface area contributed by atoms with Crippen molar-refractivity contribution in [3.8, 4) is 0 Å². The van der Waals surface area contributed by atoms with Crippen molar-refractivity contribution in [2.75, 3.05) is 24.2 Å². The van der Waals surface area contributed by atoms with E-state index in [-0.39, 0.29) is 5.91 Å². The molecule has 2 atom stereocenters. The van der Waals surface area contributed by atoms with Crippen LogP contribution in [0.5, 0.6) is 0 Å². The van der Waals surface area contributed by atoms with Gasteiger partial charge in [0.05, 0.1) is 11.4 Å². The van der Waals surface area contributed by atoms with E-state index >= 15 is 0 Å². The standard InChI is InChI=1S/C17H27N3O/c1-4-19-17(21)13-9-10-14(18)16(11-13)20(3)15-8-6-5-7-12(15)2/h9-12,15H,4-8,18H2,1-3H3,(H,19,21). The highest BCUT2D eigenvalue weighted by Gasteiger charge is 2.26. The first-order valence-electron chi connectivity index (χ1n) is 7.95. The molecule has 2 rings (SSSR count). The molecule has 1 fully saturated rings. The first kappa shape index (κ1) is 15.7. The molecule has 1 aromatic rings. The van der Waals surface area contributed by atoms with Gasteiger partial charge in [-0.1, -0.05) is 19.8 Å². The van der Waals surface area contributed by atoms with Crippen molar-refractivity contribution >= 4 is 17.3 Å². The fourth-order valence-electron chi connectivity index (χ4n) is 3.30. The summed E-state index contributed by atoms with van der Waals surface area (Å²) in [5, 5.41) is 2.84. The Bertz CT molecular complexity index is 501. The van der Waals surface area contributed by atoms with Gasteiger partial charge in [0.25, 0.3) is 5.91 Å². The summed E-state index contributed by atoms with van der Waals surface area (Å²) in [5.74, 6) is 0.625. The highest BCUT2D eigenvalue weighted by Crippen LogP contribution is 2.33. The second-order valence-corrected chi connectivity index (χ2v) is 6.07. The van der Waals surface area contributed by atoms with Crippen LogP contribution in [0.15, 0.2) is 18.2 Å². The van der Waals surface area contributed by atoms with Gasteiger partial charge in [0, 0.05) is 25.2 Å². The Kier molecular flexibility index (Phi) is 5.10. The van der Waals surface area contributed by atoms with E-state index in [1.807, 2.05) is 19.1 Å². The number of nitrogens with one attached hydrogen (secondary N) is 1. The Morgan fingerprint density at radius 2 is 2.10 bits per heavy atom. The molecule has 4 heteroatoms. The average molecular weight is 289 g/mol. The average Bonchev–Trinajstić information content (AvgIpc) is 2.48. The van der Waals surface area contributed by atoms with Crippen LogP contribution in [0.25, 0.3) is 0 Å². The van der Waals surface area contributed by atoms with Gasteiger partial charge in [-0.2, -0.15) is 0 Å². The Morgan fingerprint density at radius 1 is 1.38 bits per heavy atom. The zero-order valence-corrected chi connectivity index (χ0v) is 13.4. The van der Waals surface area contributed by atoms with Crippen molar-refractivity contribution in [3.05, 3.63) is 23.8 Å². The van der Waals surface area contributed by atoms with E-state index in [0.717, 1.165) is 11.4 Å². The molecule has 0 bridgehead atoms. The summed E-state index contributed by atoms with van der Waals surface area (Å²) in [6.45, 7) is 4.87. The van der Waals surface area contributed by atoms with Gasteiger partial charge in [0.15, 0.2) is 0 Å². The molecular weight excluding hydrogens is 262 g/mol. The van der Waals surface area contributed by atoms with E-state index in [4.69, 9.17) is 5.73 Å². The highest BCUT2D eigenvalue weighted by atomic mass is 16.1. The zero-order chi connectivity index (χ0) is 15.4. The molecule has 1 aliphatic rings. The van der Waals surface area contributed by atoms with Crippen LogP contribution in [-0.4, -0.2) is 25.5 Å². The van der Waals surface area contributed by atoms with Crippen LogP contribution < -0.4 is 16.0 Å². The fraction of sp³-hybridized carbons (Fsp3) is 0.588. The van der Waals surface area contributed by atoms with Gasteiger partial charge in [-0.3, -0.25) is 4.79 Å². The lowest BCUT2D eigenvalue weighted by atomic mass is 9.85. The number of benzene rings is 1. The molecule has 0 aromatic heterocycles. The van der Waals surface area contributed by atoms with Crippen molar-refractivity contribution < 1.29 is 4.79 Å². The summed E-state index contributed by atoms with van der Waals surface area (Å²) >= 11 is 0. The van der Waals surface area contributed by atoms with Crippen LogP contribution in [-0.2, 0) is 0 Å². The van der Waals surface area contributed by atoms with E-state index in [1.54, 1.807) is 6.07 Å². The van der Waals surface area contributed by atoms with Crippen LogP contribution in [0.2, 0.25) is 0 Å². The molecule has 116 valence electrons. The quantitative estimate of drug-likeness (QED) is 0.838. The van der Waals surface area contributed by atoms with Crippen molar-refractivity contribution in [1.82, 2.24) is 5.32 Å². The molecule has 0 heterocycles. The zero-order valence-electron chi connectivity index (χ0n) is 13.4. The summed E-state index contributed by atoms with van der Waals surface area (Å²) in [6, 6.07) is 6.05. The number of amides is 1. The predicted molar refractivity (Wildman–Crippen MR) is 88.7 cm³/mol. The lowest BCUT2D eigenvalue weighted by Gasteiger charge is -2.38. The van der Waals surface area contributed by atoms with Crippen LogP contribution in [0.1, 0.15) is 49.9 Å². The molecule has 0 radical (unpaired) electrons. The number of hydrogen-bond acceptors (Lipinski definition) is 3. The molecule has 0 spiro atoms. The number of nitrogens with zero attached hydrogens (tertiary/aromatic N) is 1. The van der Waals surface area contributed by atoms with Gasteiger partial charge < -0.3 is 16.0 Å². The van der Waals surface area contributed by atoms with Gasteiger partial charge in [-0.25, -0.2) is 0 Å². The van der Waals surface area contributed by atoms with E-state index < -0.39 is 0 Å². The van der Waals surface area contributed by atoms with Gasteiger partial charge in [-0.15, -0.1) is 0 Å². The largest absolute Gasteiger partial charge is 0.397 e. The third-order valence-corrected chi connectivity index (χ3v) is 4.57. The summed E-state index contributed by atoms with van der Waals surface area (Å²) in [7, 11) is 2.10. The third-order valence-electron chi connectivity index (χ3n) is 4.57. The molecule has 0 aliphatic heterocycles. The van der Waals surface area contributed by atoms with Gasteiger partial charge >= 0.3 is 0 Å². The second kappa shape index (κ2) is 6.83.